The summed E-state index contributed by atoms with van der Waals surface area (Å²) >= 11 is 1.03. The van der Waals surface area contributed by atoms with Gasteiger partial charge in [0.1, 0.15) is 23.7 Å². The van der Waals surface area contributed by atoms with Crippen LogP contribution >= 0.6 is 11.8 Å². The quantitative estimate of drug-likeness (QED) is 0.411. The van der Waals surface area contributed by atoms with E-state index in [9.17, 15) is 10.2 Å². The number of nitrogens with one attached hydrogen (secondary N) is 1. The van der Waals surface area contributed by atoms with E-state index in [1.165, 1.54) is 0 Å². The van der Waals surface area contributed by atoms with E-state index in [0.717, 1.165) is 11.8 Å². The van der Waals surface area contributed by atoms with E-state index in [2.05, 4.69) is 15.2 Å². The lowest BCUT2D eigenvalue weighted by molar-refractivity contribution is -0.00810. The highest BCUT2D eigenvalue weighted by Gasteiger charge is 2.43. The standard InChI is InChI=1S/C7H12N4O4S/c8-6-9-7(11-10-6)16-5-4(14)3(13)2(1-12)15-5/h2-5,12-14H,1H2,(H3,8,9,10,11)/t2-,3+,4-,5+/m1/s1. The first-order valence-electron chi connectivity index (χ1n) is 4.59. The van der Waals surface area contributed by atoms with Crippen molar-refractivity contribution in [3.05, 3.63) is 0 Å². The number of nitrogens with two attached hydrogens (primary N) is 1. The summed E-state index contributed by atoms with van der Waals surface area (Å²) in [5, 5.41) is 34.5. The molecule has 8 nitrogen and oxygen atoms in total. The Balaban J connectivity index is 2.01. The molecule has 4 atom stereocenters. The molecule has 1 fully saturated rings. The minimum atomic E-state index is -1.11. The van der Waals surface area contributed by atoms with E-state index < -0.39 is 23.7 Å². The van der Waals surface area contributed by atoms with Crippen LogP contribution in [0, 0.1) is 0 Å². The van der Waals surface area contributed by atoms with Crippen molar-refractivity contribution in [2.45, 2.75) is 28.9 Å². The molecule has 0 radical (unpaired) electrons. The number of H-pyrrole nitrogens is 1. The molecule has 1 aliphatic heterocycles. The van der Waals surface area contributed by atoms with Crippen LogP contribution in [0.4, 0.5) is 5.95 Å². The van der Waals surface area contributed by atoms with Gasteiger partial charge in [-0.1, -0.05) is 0 Å². The van der Waals surface area contributed by atoms with Crippen LogP contribution < -0.4 is 5.73 Å². The van der Waals surface area contributed by atoms with E-state index in [1.54, 1.807) is 0 Å². The predicted molar refractivity (Wildman–Crippen MR) is 54.4 cm³/mol. The van der Waals surface area contributed by atoms with Gasteiger partial charge in [0.2, 0.25) is 11.1 Å². The second kappa shape index (κ2) is 4.55. The molecule has 90 valence electrons. The van der Waals surface area contributed by atoms with Crippen LogP contribution in [0.25, 0.3) is 0 Å². The number of hydrogen-bond donors (Lipinski definition) is 5. The Morgan fingerprint density at radius 1 is 1.44 bits per heavy atom. The van der Waals surface area contributed by atoms with Gasteiger partial charge in [-0.2, -0.15) is 4.98 Å². The summed E-state index contributed by atoms with van der Waals surface area (Å²) in [4.78, 5) is 3.82. The second-order valence-corrected chi connectivity index (χ2v) is 4.39. The number of rotatable bonds is 3. The topological polar surface area (TPSA) is 138 Å². The van der Waals surface area contributed by atoms with Crippen LogP contribution in [0.5, 0.6) is 0 Å². The van der Waals surface area contributed by atoms with Crippen molar-refractivity contribution in [1.29, 1.82) is 0 Å². The van der Waals surface area contributed by atoms with Crippen LogP contribution in [0.15, 0.2) is 5.16 Å². The van der Waals surface area contributed by atoms with Crippen molar-refractivity contribution < 1.29 is 20.1 Å². The van der Waals surface area contributed by atoms with Gasteiger partial charge in [-0.05, 0) is 11.8 Å². The maximum absolute atomic E-state index is 9.62. The molecule has 1 aromatic heterocycles. The lowest BCUT2D eigenvalue weighted by atomic mass is 10.2. The van der Waals surface area contributed by atoms with Crippen LogP contribution in [0.3, 0.4) is 0 Å². The molecule has 0 spiro atoms. The zero-order valence-electron chi connectivity index (χ0n) is 8.15. The number of aromatic amines is 1. The second-order valence-electron chi connectivity index (χ2n) is 3.33. The highest BCUT2D eigenvalue weighted by Crippen LogP contribution is 2.32. The molecule has 0 saturated carbocycles. The maximum Gasteiger partial charge on any atom is 0.216 e. The van der Waals surface area contributed by atoms with Gasteiger partial charge in [0.05, 0.1) is 6.61 Å². The number of nitrogens with zero attached hydrogens (tertiary/aromatic N) is 2. The molecular weight excluding hydrogens is 236 g/mol. The summed E-state index contributed by atoms with van der Waals surface area (Å²) in [5.41, 5.74) is 4.61. The van der Waals surface area contributed by atoms with Crippen molar-refractivity contribution in [2.75, 3.05) is 12.3 Å². The Morgan fingerprint density at radius 2 is 2.19 bits per heavy atom. The maximum atomic E-state index is 9.62. The molecule has 16 heavy (non-hydrogen) atoms. The van der Waals surface area contributed by atoms with Crippen molar-refractivity contribution >= 4 is 17.7 Å². The van der Waals surface area contributed by atoms with Gasteiger partial charge in [0.15, 0.2) is 0 Å². The van der Waals surface area contributed by atoms with Crippen molar-refractivity contribution in [3.63, 3.8) is 0 Å². The van der Waals surface area contributed by atoms with Gasteiger partial charge in [-0.3, -0.25) is 0 Å². The first kappa shape index (κ1) is 11.6. The Kier molecular flexibility index (Phi) is 3.30. The minimum Gasteiger partial charge on any atom is -0.394 e. The SMILES string of the molecule is Nc1nc(S[C@@H]2O[C@H](CO)[C@H](O)[C@H]2O)n[nH]1. The van der Waals surface area contributed by atoms with Gasteiger partial charge in [-0.25, -0.2) is 5.10 Å². The number of aromatic nitrogens is 3. The molecule has 1 aliphatic rings. The average molecular weight is 248 g/mol. The molecule has 1 saturated heterocycles. The number of aliphatic hydroxyl groups is 3. The van der Waals surface area contributed by atoms with Crippen LogP contribution in [-0.4, -0.2) is 60.9 Å². The van der Waals surface area contributed by atoms with E-state index in [-0.39, 0.29) is 12.6 Å². The summed E-state index contributed by atoms with van der Waals surface area (Å²) in [7, 11) is 0. The third-order valence-electron chi connectivity index (χ3n) is 2.20. The molecule has 2 heterocycles. The van der Waals surface area contributed by atoms with Gasteiger partial charge in [-0.15, -0.1) is 5.10 Å². The van der Waals surface area contributed by atoms with Crippen molar-refractivity contribution in [3.8, 4) is 0 Å². The predicted octanol–water partition coefficient (Wildman–Crippen LogP) is -2.08. The van der Waals surface area contributed by atoms with E-state index in [0.29, 0.717) is 5.16 Å². The monoisotopic (exact) mass is 248 g/mol. The number of aliphatic hydroxyl groups excluding tert-OH is 3. The van der Waals surface area contributed by atoms with E-state index in [4.69, 9.17) is 15.6 Å². The van der Waals surface area contributed by atoms with Crippen molar-refractivity contribution in [1.82, 2.24) is 15.2 Å². The molecule has 6 N–H and O–H groups in total. The Morgan fingerprint density at radius 3 is 2.69 bits per heavy atom. The summed E-state index contributed by atoms with van der Waals surface area (Å²) < 4.78 is 5.23. The lowest BCUT2D eigenvalue weighted by Gasteiger charge is -2.11. The summed E-state index contributed by atoms with van der Waals surface area (Å²) in [5.74, 6) is 0.161. The van der Waals surface area contributed by atoms with Crippen LogP contribution in [0.2, 0.25) is 0 Å². The lowest BCUT2D eigenvalue weighted by Crippen LogP contribution is -2.33. The first-order valence-corrected chi connectivity index (χ1v) is 5.46. The normalized spacial score (nSPS) is 34.4. The Hall–Kier alpha value is -0.870. The molecule has 2 rings (SSSR count). The van der Waals surface area contributed by atoms with Gasteiger partial charge in [0.25, 0.3) is 0 Å². The van der Waals surface area contributed by atoms with Gasteiger partial charge in [0, 0.05) is 0 Å². The number of ether oxygens (including phenoxy) is 1. The van der Waals surface area contributed by atoms with Gasteiger partial charge < -0.3 is 25.8 Å². The number of hydrogen-bond acceptors (Lipinski definition) is 8. The third kappa shape index (κ3) is 2.13. The zero-order valence-corrected chi connectivity index (χ0v) is 8.96. The summed E-state index contributed by atoms with van der Waals surface area (Å²) in [6.07, 6.45) is -3.00. The number of anilines is 1. The molecule has 1 aromatic rings. The van der Waals surface area contributed by atoms with E-state index in [1.807, 2.05) is 0 Å². The fraction of sp³-hybridized carbons (Fsp3) is 0.714. The van der Waals surface area contributed by atoms with Crippen LogP contribution in [-0.2, 0) is 4.74 Å². The molecule has 0 unspecified atom stereocenters. The fourth-order valence-corrected chi connectivity index (χ4v) is 2.33. The zero-order chi connectivity index (χ0) is 11.7. The molecule has 0 amide bonds. The molecule has 0 aliphatic carbocycles. The minimum absolute atomic E-state index is 0.161. The third-order valence-corrected chi connectivity index (χ3v) is 3.22. The molecule has 0 bridgehead atoms. The smallest absolute Gasteiger partial charge is 0.216 e. The first-order chi connectivity index (χ1) is 7.61. The molecule has 0 aromatic carbocycles. The number of nitrogen functional groups attached to an aromatic ring is 1. The number of thioether (sulfide) groups is 1. The average Bonchev–Trinajstić information content (AvgIpc) is 2.78. The molecular formula is C7H12N4O4S. The van der Waals surface area contributed by atoms with Crippen LogP contribution in [0.1, 0.15) is 0 Å². The summed E-state index contributed by atoms with van der Waals surface area (Å²) in [6.45, 7) is -0.356. The fourth-order valence-electron chi connectivity index (χ4n) is 1.38. The summed E-state index contributed by atoms with van der Waals surface area (Å²) in [6, 6.07) is 0. The highest BCUT2D eigenvalue weighted by atomic mass is 32.2. The molecule has 9 heteroatoms. The van der Waals surface area contributed by atoms with E-state index >= 15 is 0 Å². The Bertz CT molecular complexity index is 362. The largest absolute Gasteiger partial charge is 0.394 e. The van der Waals surface area contributed by atoms with Gasteiger partial charge >= 0.3 is 0 Å². The van der Waals surface area contributed by atoms with Crippen molar-refractivity contribution in [2.24, 2.45) is 0 Å². The highest BCUT2D eigenvalue weighted by molar-refractivity contribution is 7.99. The Labute approximate surface area is 94.8 Å².